The van der Waals surface area contributed by atoms with Crippen LogP contribution in [0.2, 0.25) is 5.02 Å². The Morgan fingerprint density at radius 3 is 2.79 bits per heavy atom. The highest BCUT2D eigenvalue weighted by atomic mass is 79.9. The fourth-order valence-corrected chi connectivity index (χ4v) is 2.22. The second kappa shape index (κ2) is 8.76. The van der Waals surface area contributed by atoms with Gasteiger partial charge >= 0.3 is 0 Å². The van der Waals surface area contributed by atoms with E-state index >= 15 is 0 Å². The van der Waals surface area contributed by atoms with Crippen LogP contribution in [0.4, 0.5) is 5.69 Å². The summed E-state index contributed by atoms with van der Waals surface area (Å²) in [5, 5.41) is 13.5. The lowest BCUT2D eigenvalue weighted by Crippen LogP contribution is -2.28. The molecule has 6 heteroatoms. The monoisotopic (exact) mass is 351 g/mol. The highest BCUT2D eigenvalue weighted by Gasteiger charge is 2.09. The maximum atomic E-state index is 9.79. The van der Waals surface area contributed by atoms with Crippen LogP contribution in [0, 0.1) is 0 Å². The van der Waals surface area contributed by atoms with E-state index in [-0.39, 0.29) is 12.7 Å². The maximum absolute atomic E-state index is 9.79. The van der Waals surface area contributed by atoms with Gasteiger partial charge in [0, 0.05) is 18.1 Å². The predicted octanol–water partition coefficient (Wildman–Crippen LogP) is 2.93. The molecule has 0 aliphatic rings. The minimum Gasteiger partial charge on any atom is -0.389 e. The van der Waals surface area contributed by atoms with Gasteiger partial charge in [-0.25, -0.2) is 0 Å². The van der Waals surface area contributed by atoms with Gasteiger partial charge in [-0.3, -0.25) is 0 Å². The molecule has 19 heavy (non-hydrogen) atoms. The van der Waals surface area contributed by atoms with Gasteiger partial charge in [-0.15, -0.1) is 0 Å². The minimum atomic E-state index is -0.598. The zero-order chi connectivity index (χ0) is 14.3. The van der Waals surface area contributed by atoms with Gasteiger partial charge in [-0.2, -0.15) is 0 Å². The van der Waals surface area contributed by atoms with Crippen LogP contribution in [0.3, 0.4) is 0 Å². The van der Waals surface area contributed by atoms with Crippen molar-refractivity contribution in [3.05, 3.63) is 27.7 Å². The number of methoxy groups -OCH3 is 1. The smallest absolute Gasteiger partial charge is 0.0945 e. The van der Waals surface area contributed by atoms with E-state index in [2.05, 4.69) is 21.2 Å². The molecular formula is C13H19BrClNO3. The number of nitrogens with one attached hydrogen (secondary N) is 1. The van der Waals surface area contributed by atoms with Crippen molar-refractivity contribution in [2.24, 2.45) is 0 Å². The second-order valence-electron chi connectivity index (χ2n) is 4.26. The Balaban J connectivity index is 2.31. The Kier molecular flexibility index (Phi) is 7.71. The number of hydrogen-bond donors (Lipinski definition) is 2. The van der Waals surface area contributed by atoms with Crippen molar-refractivity contribution in [1.29, 1.82) is 0 Å². The van der Waals surface area contributed by atoms with E-state index in [1.165, 1.54) is 0 Å². The minimum absolute atomic E-state index is 0.0316. The van der Waals surface area contributed by atoms with E-state index in [1.807, 2.05) is 19.1 Å². The third kappa shape index (κ3) is 6.58. The number of anilines is 1. The lowest BCUT2D eigenvalue weighted by atomic mass is 10.3. The Bertz CT molecular complexity index is 392. The molecule has 108 valence electrons. The molecule has 0 saturated carbocycles. The fourth-order valence-electron chi connectivity index (χ4n) is 1.48. The third-order valence-corrected chi connectivity index (χ3v) is 3.24. The second-order valence-corrected chi connectivity index (χ2v) is 5.58. The first-order valence-electron chi connectivity index (χ1n) is 6.00. The van der Waals surface area contributed by atoms with Crippen molar-refractivity contribution in [2.75, 3.05) is 32.2 Å². The number of aliphatic hydroxyl groups is 1. The number of rotatable bonds is 8. The number of halogens is 2. The van der Waals surface area contributed by atoms with Crippen LogP contribution in [-0.4, -0.2) is 44.2 Å². The lowest BCUT2D eigenvalue weighted by molar-refractivity contribution is -0.0282. The molecule has 0 spiro atoms. The van der Waals surface area contributed by atoms with E-state index in [1.54, 1.807) is 13.2 Å². The number of benzene rings is 1. The maximum Gasteiger partial charge on any atom is 0.0945 e. The van der Waals surface area contributed by atoms with Gasteiger partial charge in [-0.1, -0.05) is 27.5 Å². The molecule has 0 aromatic heterocycles. The molecule has 0 heterocycles. The molecular weight excluding hydrogens is 334 g/mol. The van der Waals surface area contributed by atoms with Crippen LogP contribution in [0.1, 0.15) is 6.92 Å². The van der Waals surface area contributed by atoms with Crippen molar-refractivity contribution in [2.45, 2.75) is 19.1 Å². The van der Waals surface area contributed by atoms with E-state index in [4.69, 9.17) is 21.1 Å². The molecule has 0 amide bonds. The molecule has 2 N–H and O–H groups in total. The van der Waals surface area contributed by atoms with Gasteiger partial charge in [-0.05, 0) is 25.1 Å². The third-order valence-electron chi connectivity index (χ3n) is 2.43. The molecule has 0 saturated heterocycles. The standard InChI is InChI=1S/C13H19BrClNO3/c1-9(7-18-2)19-8-11(17)6-16-13-4-3-10(14)5-12(13)15/h3-5,9,11,16-17H,6-8H2,1-2H3. The van der Waals surface area contributed by atoms with Crippen LogP contribution in [0.5, 0.6) is 0 Å². The predicted molar refractivity (Wildman–Crippen MR) is 80.9 cm³/mol. The Labute approximate surface area is 127 Å². The Hall–Kier alpha value is -0.330. The summed E-state index contributed by atoms with van der Waals surface area (Å²) in [6, 6.07) is 5.54. The Morgan fingerprint density at radius 2 is 2.16 bits per heavy atom. The SMILES string of the molecule is COCC(C)OCC(O)CNc1ccc(Br)cc1Cl. The van der Waals surface area contributed by atoms with Gasteiger partial charge < -0.3 is 19.9 Å². The van der Waals surface area contributed by atoms with E-state index in [0.717, 1.165) is 10.2 Å². The average molecular weight is 353 g/mol. The lowest BCUT2D eigenvalue weighted by Gasteiger charge is -2.17. The van der Waals surface area contributed by atoms with Crippen molar-refractivity contribution in [3.63, 3.8) is 0 Å². The van der Waals surface area contributed by atoms with E-state index in [9.17, 15) is 5.11 Å². The molecule has 1 aromatic carbocycles. The van der Waals surface area contributed by atoms with Crippen LogP contribution < -0.4 is 5.32 Å². The summed E-state index contributed by atoms with van der Waals surface area (Å²) >= 11 is 9.40. The fraction of sp³-hybridized carbons (Fsp3) is 0.538. The normalized spacial score (nSPS) is 14.2. The zero-order valence-electron chi connectivity index (χ0n) is 11.0. The first-order valence-corrected chi connectivity index (χ1v) is 7.17. The molecule has 0 bridgehead atoms. The van der Waals surface area contributed by atoms with Crippen LogP contribution in [-0.2, 0) is 9.47 Å². The molecule has 2 unspecified atom stereocenters. The summed E-state index contributed by atoms with van der Waals surface area (Å²) in [5.74, 6) is 0. The molecule has 1 rings (SSSR count). The molecule has 4 nitrogen and oxygen atoms in total. The number of hydrogen-bond acceptors (Lipinski definition) is 4. The number of ether oxygens (including phenoxy) is 2. The van der Waals surface area contributed by atoms with Gasteiger partial charge in [0.2, 0.25) is 0 Å². The molecule has 0 aliphatic heterocycles. The van der Waals surface area contributed by atoms with Crippen molar-refractivity contribution < 1.29 is 14.6 Å². The average Bonchev–Trinajstić information content (AvgIpc) is 2.35. The zero-order valence-corrected chi connectivity index (χ0v) is 13.4. The first-order chi connectivity index (χ1) is 9.02. The summed E-state index contributed by atoms with van der Waals surface area (Å²) in [7, 11) is 1.62. The first kappa shape index (κ1) is 16.7. The van der Waals surface area contributed by atoms with E-state index < -0.39 is 6.10 Å². The summed E-state index contributed by atoms with van der Waals surface area (Å²) in [5.41, 5.74) is 0.786. The largest absolute Gasteiger partial charge is 0.389 e. The summed E-state index contributed by atoms with van der Waals surface area (Å²) in [4.78, 5) is 0. The molecule has 2 atom stereocenters. The van der Waals surface area contributed by atoms with Crippen molar-refractivity contribution in [3.8, 4) is 0 Å². The summed E-state index contributed by atoms with van der Waals surface area (Å²) in [6.45, 7) is 3.04. The highest BCUT2D eigenvalue weighted by molar-refractivity contribution is 9.10. The Morgan fingerprint density at radius 1 is 1.42 bits per heavy atom. The van der Waals surface area contributed by atoms with Crippen LogP contribution >= 0.6 is 27.5 Å². The van der Waals surface area contributed by atoms with E-state index in [0.29, 0.717) is 18.2 Å². The quantitative estimate of drug-likeness (QED) is 0.755. The molecule has 0 fully saturated rings. The van der Waals surface area contributed by atoms with Gasteiger partial charge in [0.1, 0.15) is 0 Å². The van der Waals surface area contributed by atoms with Crippen molar-refractivity contribution >= 4 is 33.2 Å². The molecule has 0 aliphatic carbocycles. The summed E-state index contributed by atoms with van der Waals surface area (Å²) < 4.78 is 11.3. The van der Waals surface area contributed by atoms with Crippen LogP contribution in [0.25, 0.3) is 0 Å². The van der Waals surface area contributed by atoms with Crippen LogP contribution in [0.15, 0.2) is 22.7 Å². The van der Waals surface area contributed by atoms with Gasteiger partial charge in [0.05, 0.1) is 36.1 Å². The molecule has 0 radical (unpaired) electrons. The topological polar surface area (TPSA) is 50.7 Å². The van der Waals surface area contributed by atoms with Gasteiger partial charge in [0.15, 0.2) is 0 Å². The van der Waals surface area contributed by atoms with Crippen molar-refractivity contribution in [1.82, 2.24) is 0 Å². The summed E-state index contributed by atoms with van der Waals surface area (Å²) in [6.07, 6.45) is -0.630. The highest BCUT2D eigenvalue weighted by Crippen LogP contribution is 2.25. The number of aliphatic hydroxyl groups excluding tert-OH is 1. The van der Waals surface area contributed by atoms with Gasteiger partial charge in [0.25, 0.3) is 0 Å². The molecule has 1 aromatic rings.